The Morgan fingerprint density at radius 1 is 0.963 bits per heavy atom. The fraction of sp³-hybridized carbons (Fsp3) is 0.250. The largest absolute Gasteiger partial charge is 0.461 e. The molecular weight excluding hydrogens is 348 g/mol. The maximum absolute atomic E-state index is 12.7. The predicted molar refractivity (Wildman–Crippen MR) is 97.9 cm³/mol. The van der Waals surface area contributed by atoms with Crippen molar-refractivity contribution in [2.24, 2.45) is 0 Å². The molecule has 0 radical (unpaired) electrons. The molecule has 0 bridgehead atoms. The van der Waals surface area contributed by atoms with Crippen molar-refractivity contribution in [3.8, 4) is 0 Å². The lowest BCUT2D eigenvalue weighted by Gasteiger charge is -2.33. The summed E-state index contributed by atoms with van der Waals surface area (Å²) >= 11 is 0. The summed E-state index contributed by atoms with van der Waals surface area (Å²) in [6, 6.07) is 11.4. The lowest BCUT2D eigenvalue weighted by Crippen LogP contribution is -2.50. The van der Waals surface area contributed by atoms with Crippen molar-refractivity contribution in [1.29, 1.82) is 0 Å². The molecule has 4 rings (SSSR count). The van der Waals surface area contributed by atoms with E-state index in [1.54, 1.807) is 41.3 Å². The van der Waals surface area contributed by atoms with Crippen LogP contribution >= 0.6 is 0 Å². The maximum atomic E-state index is 12.7. The molecule has 1 aromatic carbocycles. The Kier molecular flexibility index (Phi) is 4.60. The van der Waals surface area contributed by atoms with Crippen LogP contribution in [0.1, 0.15) is 21.1 Å². The first-order valence-electron chi connectivity index (χ1n) is 8.73. The summed E-state index contributed by atoms with van der Waals surface area (Å²) in [6.07, 6.45) is 1.47. The van der Waals surface area contributed by atoms with E-state index in [4.69, 9.17) is 8.83 Å². The summed E-state index contributed by atoms with van der Waals surface area (Å²) in [5.74, 6) is -0.0135. The van der Waals surface area contributed by atoms with Crippen LogP contribution in [0.25, 0.3) is 11.0 Å². The number of furan rings is 1. The fourth-order valence-corrected chi connectivity index (χ4v) is 3.19. The van der Waals surface area contributed by atoms with E-state index >= 15 is 0 Å². The third-order valence-corrected chi connectivity index (χ3v) is 4.67. The first-order valence-corrected chi connectivity index (χ1v) is 8.73. The number of hydrogen-bond acceptors (Lipinski definition) is 6. The second-order valence-corrected chi connectivity index (χ2v) is 6.44. The molecule has 1 aliphatic rings. The van der Waals surface area contributed by atoms with Gasteiger partial charge in [0.15, 0.2) is 16.9 Å². The molecule has 3 aromatic rings. The average molecular weight is 366 g/mol. The third-order valence-electron chi connectivity index (χ3n) is 4.67. The molecule has 0 unspecified atom stereocenters. The van der Waals surface area contributed by atoms with Gasteiger partial charge in [-0.15, -0.1) is 0 Å². The van der Waals surface area contributed by atoms with Gasteiger partial charge < -0.3 is 13.7 Å². The number of ketones is 1. The standard InChI is InChI=1S/C20H18N2O5/c23-15-12-19(27-17-5-2-1-4-14(15)17)20(25)22-9-7-21(8-10-22)13-16(24)18-6-3-11-26-18/h1-6,11-12H,7-10,13H2. The Morgan fingerprint density at radius 2 is 1.74 bits per heavy atom. The highest BCUT2D eigenvalue weighted by atomic mass is 16.3. The normalized spacial score (nSPS) is 15.2. The quantitative estimate of drug-likeness (QED) is 0.657. The van der Waals surface area contributed by atoms with Crippen LogP contribution in [0.2, 0.25) is 0 Å². The Morgan fingerprint density at radius 3 is 2.48 bits per heavy atom. The molecule has 2 aromatic heterocycles. The molecule has 0 N–H and O–H groups in total. The van der Waals surface area contributed by atoms with Gasteiger partial charge in [0.05, 0.1) is 18.2 Å². The van der Waals surface area contributed by atoms with Crippen molar-refractivity contribution in [2.75, 3.05) is 32.7 Å². The zero-order valence-corrected chi connectivity index (χ0v) is 14.6. The molecule has 1 amide bonds. The van der Waals surface area contributed by atoms with Gasteiger partial charge in [-0.05, 0) is 24.3 Å². The van der Waals surface area contributed by atoms with Gasteiger partial charge in [0.25, 0.3) is 5.91 Å². The molecular formula is C20H18N2O5. The van der Waals surface area contributed by atoms with Crippen molar-refractivity contribution in [3.05, 3.63) is 70.5 Å². The predicted octanol–water partition coefficient (Wildman–Crippen LogP) is 2.03. The van der Waals surface area contributed by atoms with Crippen LogP contribution in [0, 0.1) is 0 Å². The zero-order valence-electron chi connectivity index (χ0n) is 14.6. The Balaban J connectivity index is 1.41. The van der Waals surface area contributed by atoms with Crippen LogP contribution in [0.4, 0.5) is 0 Å². The van der Waals surface area contributed by atoms with Gasteiger partial charge in [0.2, 0.25) is 5.78 Å². The van der Waals surface area contributed by atoms with Gasteiger partial charge in [-0.2, -0.15) is 0 Å². The molecule has 0 saturated carbocycles. The molecule has 1 fully saturated rings. The molecule has 1 saturated heterocycles. The minimum absolute atomic E-state index is 0.0406. The zero-order chi connectivity index (χ0) is 18.8. The second-order valence-electron chi connectivity index (χ2n) is 6.44. The van der Waals surface area contributed by atoms with Crippen LogP contribution in [-0.4, -0.2) is 54.2 Å². The number of fused-ring (bicyclic) bond motifs is 1. The molecule has 7 heteroatoms. The second kappa shape index (κ2) is 7.20. The van der Waals surface area contributed by atoms with Crippen molar-refractivity contribution < 1.29 is 18.4 Å². The summed E-state index contributed by atoms with van der Waals surface area (Å²) in [5, 5.41) is 0.454. The fourth-order valence-electron chi connectivity index (χ4n) is 3.19. The topological polar surface area (TPSA) is 84.0 Å². The summed E-state index contributed by atoms with van der Waals surface area (Å²) in [6.45, 7) is 2.30. The molecule has 0 spiro atoms. The average Bonchev–Trinajstić information content (AvgIpc) is 3.23. The SMILES string of the molecule is O=C(CN1CCN(C(=O)c2cc(=O)c3ccccc3o2)CC1)c1ccco1. The minimum Gasteiger partial charge on any atom is -0.461 e. The van der Waals surface area contributed by atoms with Gasteiger partial charge in [-0.3, -0.25) is 19.3 Å². The number of amides is 1. The van der Waals surface area contributed by atoms with Gasteiger partial charge >= 0.3 is 0 Å². The number of carbonyl (C=O) groups is 2. The Hall–Kier alpha value is -3.19. The summed E-state index contributed by atoms with van der Waals surface area (Å²) in [4.78, 5) is 40.6. The van der Waals surface area contributed by atoms with E-state index in [2.05, 4.69) is 0 Å². The van der Waals surface area contributed by atoms with Crippen molar-refractivity contribution >= 4 is 22.7 Å². The molecule has 0 atom stereocenters. The molecule has 1 aliphatic heterocycles. The smallest absolute Gasteiger partial charge is 0.289 e. The molecule has 7 nitrogen and oxygen atoms in total. The van der Waals surface area contributed by atoms with Gasteiger partial charge in [0, 0.05) is 32.2 Å². The Labute approximate surface area is 154 Å². The van der Waals surface area contributed by atoms with Crippen LogP contribution < -0.4 is 5.43 Å². The van der Waals surface area contributed by atoms with E-state index in [-0.39, 0.29) is 29.4 Å². The number of benzene rings is 1. The van der Waals surface area contributed by atoms with E-state index in [1.807, 2.05) is 4.90 Å². The minimum atomic E-state index is -0.310. The van der Waals surface area contributed by atoms with Gasteiger partial charge in [0.1, 0.15) is 5.58 Å². The first kappa shape index (κ1) is 17.2. The van der Waals surface area contributed by atoms with Gasteiger partial charge in [-0.1, -0.05) is 12.1 Å². The van der Waals surface area contributed by atoms with Crippen molar-refractivity contribution in [1.82, 2.24) is 9.80 Å². The number of piperazine rings is 1. The lowest BCUT2D eigenvalue weighted by molar-refractivity contribution is 0.0593. The van der Waals surface area contributed by atoms with Gasteiger partial charge in [-0.25, -0.2) is 0 Å². The number of rotatable bonds is 4. The Bertz CT molecular complexity index is 1030. The van der Waals surface area contributed by atoms with E-state index in [9.17, 15) is 14.4 Å². The number of para-hydroxylation sites is 1. The highest BCUT2D eigenvalue weighted by Gasteiger charge is 2.26. The number of nitrogens with zero attached hydrogens (tertiary/aromatic N) is 2. The van der Waals surface area contributed by atoms with E-state index in [1.165, 1.54) is 12.3 Å². The summed E-state index contributed by atoms with van der Waals surface area (Å²) in [5.41, 5.74) is 0.166. The molecule has 0 aliphatic carbocycles. The van der Waals surface area contributed by atoms with Crippen LogP contribution in [0.5, 0.6) is 0 Å². The highest BCUT2D eigenvalue weighted by molar-refractivity contribution is 5.95. The van der Waals surface area contributed by atoms with Crippen molar-refractivity contribution in [3.63, 3.8) is 0 Å². The molecule has 27 heavy (non-hydrogen) atoms. The van der Waals surface area contributed by atoms with E-state index < -0.39 is 0 Å². The van der Waals surface area contributed by atoms with E-state index in [0.29, 0.717) is 42.9 Å². The third kappa shape index (κ3) is 3.54. The maximum Gasteiger partial charge on any atom is 0.289 e. The number of carbonyl (C=O) groups excluding carboxylic acids is 2. The molecule has 3 heterocycles. The van der Waals surface area contributed by atoms with Crippen LogP contribution in [0.3, 0.4) is 0 Å². The molecule has 138 valence electrons. The monoisotopic (exact) mass is 366 g/mol. The van der Waals surface area contributed by atoms with Crippen molar-refractivity contribution in [2.45, 2.75) is 0 Å². The lowest BCUT2D eigenvalue weighted by atomic mass is 10.2. The first-order chi connectivity index (χ1) is 13.1. The number of hydrogen-bond donors (Lipinski definition) is 0. The van der Waals surface area contributed by atoms with Crippen LogP contribution in [0.15, 0.2) is 62.4 Å². The van der Waals surface area contributed by atoms with Crippen LogP contribution in [-0.2, 0) is 0 Å². The van der Waals surface area contributed by atoms with E-state index in [0.717, 1.165) is 0 Å². The highest BCUT2D eigenvalue weighted by Crippen LogP contribution is 2.15. The summed E-state index contributed by atoms with van der Waals surface area (Å²) in [7, 11) is 0. The number of Topliss-reactive ketones (excluding diaryl/α,β-unsaturated/α-hetero) is 1. The summed E-state index contributed by atoms with van der Waals surface area (Å²) < 4.78 is 10.7.